The Morgan fingerprint density at radius 2 is 1.86 bits per heavy atom. The molecule has 1 N–H and O–H groups in total. The molecule has 8 nitrogen and oxygen atoms in total. The Morgan fingerprint density at radius 1 is 1.18 bits per heavy atom. The summed E-state index contributed by atoms with van der Waals surface area (Å²) >= 11 is 0. The molecule has 0 aromatic rings. The average molecular weight is 395 g/mol. The van der Waals surface area contributed by atoms with Gasteiger partial charge in [-0.15, -0.1) is 0 Å². The summed E-state index contributed by atoms with van der Waals surface area (Å²) in [7, 11) is 1.62. The van der Waals surface area contributed by atoms with Gasteiger partial charge in [-0.3, -0.25) is 9.59 Å². The van der Waals surface area contributed by atoms with Crippen LogP contribution in [0.3, 0.4) is 0 Å². The summed E-state index contributed by atoms with van der Waals surface area (Å²) < 4.78 is 5.14. The predicted octanol–water partition coefficient (Wildman–Crippen LogP) is 1.05. The van der Waals surface area contributed by atoms with Crippen LogP contribution in [0.1, 0.15) is 46.0 Å². The Bertz CT molecular complexity index is 591. The van der Waals surface area contributed by atoms with Gasteiger partial charge in [0.2, 0.25) is 11.8 Å². The first-order chi connectivity index (χ1) is 13.4. The van der Waals surface area contributed by atoms with Crippen LogP contribution >= 0.6 is 0 Å². The highest BCUT2D eigenvalue weighted by Crippen LogP contribution is 2.29. The number of nitrogens with one attached hydrogen (secondary N) is 1. The minimum Gasteiger partial charge on any atom is -0.383 e. The van der Waals surface area contributed by atoms with E-state index in [2.05, 4.69) is 19.2 Å². The van der Waals surface area contributed by atoms with Crippen molar-refractivity contribution >= 4 is 17.8 Å². The first kappa shape index (κ1) is 20.9. The van der Waals surface area contributed by atoms with Crippen molar-refractivity contribution in [3.05, 3.63) is 0 Å². The topological polar surface area (TPSA) is 82.2 Å². The van der Waals surface area contributed by atoms with Crippen LogP contribution in [0.5, 0.6) is 0 Å². The molecule has 3 aliphatic rings. The van der Waals surface area contributed by atoms with Crippen molar-refractivity contribution in [3.63, 3.8) is 0 Å². The highest BCUT2D eigenvalue weighted by molar-refractivity contribution is 5.92. The second-order valence-corrected chi connectivity index (χ2v) is 8.70. The minimum atomic E-state index is -0.453. The van der Waals surface area contributed by atoms with Crippen LogP contribution in [0, 0.1) is 5.92 Å². The number of fused-ring (bicyclic) bond motifs is 1. The zero-order valence-corrected chi connectivity index (χ0v) is 17.4. The van der Waals surface area contributed by atoms with Crippen LogP contribution in [-0.4, -0.2) is 90.6 Å². The lowest BCUT2D eigenvalue weighted by Crippen LogP contribution is -2.61. The van der Waals surface area contributed by atoms with Crippen LogP contribution in [0.15, 0.2) is 0 Å². The molecule has 158 valence electrons. The van der Waals surface area contributed by atoms with E-state index in [0.29, 0.717) is 38.6 Å². The summed E-state index contributed by atoms with van der Waals surface area (Å²) in [5.74, 6) is 0.195. The van der Waals surface area contributed by atoms with Gasteiger partial charge in [-0.25, -0.2) is 4.79 Å². The fourth-order valence-electron chi connectivity index (χ4n) is 4.66. The van der Waals surface area contributed by atoms with Crippen molar-refractivity contribution in [2.45, 2.75) is 64.1 Å². The minimum absolute atomic E-state index is 0.00685. The molecular weight excluding hydrogens is 360 g/mol. The Labute approximate surface area is 167 Å². The normalized spacial score (nSPS) is 25.8. The summed E-state index contributed by atoms with van der Waals surface area (Å²) in [4.78, 5) is 43.6. The van der Waals surface area contributed by atoms with E-state index < -0.39 is 6.04 Å². The van der Waals surface area contributed by atoms with Gasteiger partial charge in [0.25, 0.3) is 0 Å². The maximum absolute atomic E-state index is 13.0. The van der Waals surface area contributed by atoms with Gasteiger partial charge < -0.3 is 24.8 Å². The van der Waals surface area contributed by atoms with Crippen molar-refractivity contribution in [3.8, 4) is 0 Å². The maximum Gasteiger partial charge on any atom is 0.321 e. The van der Waals surface area contributed by atoms with Gasteiger partial charge in [0, 0.05) is 32.8 Å². The van der Waals surface area contributed by atoms with E-state index in [4.69, 9.17) is 4.74 Å². The molecule has 28 heavy (non-hydrogen) atoms. The molecule has 8 heteroatoms. The molecule has 0 bridgehead atoms. The molecule has 3 fully saturated rings. The number of methoxy groups -OCH3 is 1. The molecule has 0 spiro atoms. The third-order valence-electron chi connectivity index (χ3n) is 5.99. The molecule has 0 aromatic carbocycles. The standard InChI is InChI=1S/C20H34N4O4/c1-14(2)10-17-19(26)22(8-9-28-3)11-16-12-23(20(27)24(16)17)13-18(25)21-15-6-4-5-7-15/h14-17H,4-13H2,1-3H3,(H,21,25)/t16-,17+/m1/s1. The van der Waals surface area contributed by atoms with Gasteiger partial charge in [-0.1, -0.05) is 26.7 Å². The molecule has 0 radical (unpaired) electrons. The molecule has 1 saturated carbocycles. The second kappa shape index (κ2) is 9.11. The van der Waals surface area contributed by atoms with E-state index in [9.17, 15) is 14.4 Å². The number of piperazine rings is 1. The first-order valence-electron chi connectivity index (χ1n) is 10.5. The van der Waals surface area contributed by atoms with Gasteiger partial charge in [0.05, 0.1) is 12.6 Å². The lowest BCUT2D eigenvalue weighted by Gasteiger charge is -2.42. The number of hydrogen-bond acceptors (Lipinski definition) is 4. The monoisotopic (exact) mass is 394 g/mol. The maximum atomic E-state index is 13.0. The number of carbonyl (C=O) groups excluding carboxylic acids is 3. The molecule has 0 aromatic heterocycles. The number of urea groups is 1. The van der Waals surface area contributed by atoms with E-state index in [1.807, 2.05) is 4.90 Å². The second-order valence-electron chi connectivity index (χ2n) is 8.70. The quantitative estimate of drug-likeness (QED) is 0.667. The molecule has 2 saturated heterocycles. The van der Waals surface area contributed by atoms with Crippen LogP contribution in [-0.2, 0) is 14.3 Å². The molecule has 2 atom stereocenters. The van der Waals surface area contributed by atoms with Gasteiger partial charge >= 0.3 is 6.03 Å². The molecule has 1 aliphatic carbocycles. The Hall–Kier alpha value is -1.83. The highest BCUT2D eigenvalue weighted by atomic mass is 16.5. The molecule has 3 rings (SSSR count). The number of ether oxygens (including phenoxy) is 1. The number of hydrogen-bond donors (Lipinski definition) is 1. The molecule has 4 amide bonds. The number of nitrogens with zero attached hydrogens (tertiary/aromatic N) is 3. The van der Waals surface area contributed by atoms with Crippen LogP contribution in [0.25, 0.3) is 0 Å². The van der Waals surface area contributed by atoms with E-state index in [1.165, 1.54) is 0 Å². The summed E-state index contributed by atoms with van der Waals surface area (Å²) in [6.45, 7) is 6.20. The molecule has 0 unspecified atom stereocenters. The van der Waals surface area contributed by atoms with Crippen LogP contribution in [0.2, 0.25) is 0 Å². The van der Waals surface area contributed by atoms with E-state index in [-0.39, 0.29) is 36.5 Å². The van der Waals surface area contributed by atoms with Gasteiger partial charge in [0.15, 0.2) is 0 Å². The third kappa shape index (κ3) is 4.59. The Balaban J connectivity index is 1.67. The van der Waals surface area contributed by atoms with Crippen molar-refractivity contribution < 1.29 is 19.1 Å². The third-order valence-corrected chi connectivity index (χ3v) is 5.99. The number of rotatable bonds is 8. The molecule has 2 aliphatic heterocycles. The molecular formula is C20H34N4O4. The van der Waals surface area contributed by atoms with Crippen molar-refractivity contribution in [2.24, 2.45) is 5.92 Å². The van der Waals surface area contributed by atoms with E-state index in [0.717, 1.165) is 25.7 Å². The van der Waals surface area contributed by atoms with E-state index in [1.54, 1.807) is 16.9 Å². The highest BCUT2D eigenvalue weighted by Gasteiger charge is 2.49. The fourth-order valence-corrected chi connectivity index (χ4v) is 4.66. The molecule has 2 heterocycles. The first-order valence-corrected chi connectivity index (χ1v) is 10.5. The summed E-state index contributed by atoms with van der Waals surface area (Å²) in [6, 6.07) is -0.458. The number of carbonyl (C=O) groups is 3. The van der Waals surface area contributed by atoms with Gasteiger partial charge in [-0.05, 0) is 25.2 Å². The van der Waals surface area contributed by atoms with E-state index >= 15 is 0 Å². The van der Waals surface area contributed by atoms with Crippen LogP contribution in [0.4, 0.5) is 4.79 Å². The largest absolute Gasteiger partial charge is 0.383 e. The fraction of sp³-hybridized carbons (Fsp3) is 0.850. The SMILES string of the molecule is COCCN1C[C@@H]2CN(CC(=O)NC3CCCC3)C(=O)N2[C@@H](CC(C)C)C1=O. The Morgan fingerprint density at radius 3 is 2.50 bits per heavy atom. The zero-order chi connectivity index (χ0) is 20.3. The predicted molar refractivity (Wildman–Crippen MR) is 105 cm³/mol. The van der Waals surface area contributed by atoms with Crippen molar-refractivity contribution in [1.29, 1.82) is 0 Å². The van der Waals surface area contributed by atoms with Gasteiger partial charge in [-0.2, -0.15) is 0 Å². The Kier molecular flexibility index (Phi) is 6.80. The smallest absolute Gasteiger partial charge is 0.321 e. The number of amides is 4. The van der Waals surface area contributed by atoms with Crippen LogP contribution < -0.4 is 5.32 Å². The average Bonchev–Trinajstić information content (AvgIpc) is 3.24. The zero-order valence-electron chi connectivity index (χ0n) is 17.4. The summed E-state index contributed by atoms with van der Waals surface area (Å²) in [5.41, 5.74) is 0. The lowest BCUT2D eigenvalue weighted by atomic mass is 9.97. The summed E-state index contributed by atoms with van der Waals surface area (Å²) in [5, 5.41) is 3.05. The van der Waals surface area contributed by atoms with Crippen molar-refractivity contribution in [1.82, 2.24) is 20.0 Å². The van der Waals surface area contributed by atoms with Crippen molar-refractivity contribution in [2.75, 3.05) is 39.9 Å². The summed E-state index contributed by atoms with van der Waals surface area (Å²) in [6.07, 6.45) is 4.98. The van der Waals surface area contributed by atoms with Gasteiger partial charge in [0.1, 0.15) is 12.6 Å². The lowest BCUT2D eigenvalue weighted by molar-refractivity contribution is -0.143.